The Balaban J connectivity index is 1.98. The minimum absolute atomic E-state index is 0.123. The van der Waals surface area contributed by atoms with Gasteiger partial charge in [0.05, 0.1) is 18.1 Å². The summed E-state index contributed by atoms with van der Waals surface area (Å²) in [6, 6.07) is 6.94. The summed E-state index contributed by atoms with van der Waals surface area (Å²) in [5, 5.41) is 3.23. The molecule has 0 aliphatic heterocycles. The Bertz CT molecular complexity index is 473. The maximum Gasteiger partial charge on any atom is 0.126 e. The lowest BCUT2D eigenvalue weighted by molar-refractivity contribution is 0.601. The van der Waals surface area contributed by atoms with Gasteiger partial charge in [0.2, 0.25) is 0 Å². The van der Waals surface area contributed by atoms with Crippen LogP contribution in [0.4, 0.5) is 10.1 Å². The highest BCUT2D eigenvalue weighted by Crippen LogP contribution is 2.11. The predicted octanol–water partition coefficient (Wildman–Crippen LogP) is 2.66. The van der Waals surface area contributed by atoms with Crippen LogP contribution in [0.5, 0.6) is 0 Å². The van der Waals surface area contributed by atoms with Crippen LogP contribution in [0.15, 0.2) is 43.0 Å². The van der Waals surface area contributed by atoms with Crippen molar-refractivity contribution in [2.24, 2.45) is 0 Å². The third-order valence-corrected chi connectivity index (χ3v) is 2.46. The first-order valence-electron chi connectivity index (χ1n) is 5.50. The van der Waals surface area contributed by atoms with Crippen molar-refractivity contribution in [1.82, 2.24) is 9.97 Å². The molecule has 1 heterocycles. The van der Waals surface area contributed by atoms with E-state index in [0.717, 1.165) is 5.69 Å². The number of halogens is 1. The molecule has 0 radical (unpaired) electrons. The molecular weight excluding hydrogens is 217 g/mol. The molecular formula is C13H14FN3. The summed E-state index contributed by atoms with van der Waals surface area (Å²) < 4.78 is 13.4. The molecule has 0 saturated carbocycles. The van der Waals surface area contributed by atoms with E-state index < -0.39 is 0 Å². The molecule has 3 nitrogen and oxygen atoms in total. The lowest BCUT2D eigenvalue weighted by atomic mass is 10.1. The number of nitrogens with zero attached hydrogens (tertiary/aromatic N) is 2. The molecule has 0 aliphatic carbocycles. The Labute approximate surface area is 99.7 Å². The van der Waals surface area contributed by atoms with Crippen LogP contribution in [0.3, 0.4) is 0 Å². The largest absolute Gasteiger partial charge is 0.380 e. The van der Waals surface area contributed by atoms with Gasteiger partial charge in [-0.25, -0.2) is 14.4 Å². The fourth-order valence-electron chi connectivity index (χ4n) is 1.70. The lowest BCUT2D eigenvalue weighted by Gasteiger charge is -2.14. The molecule has 1 unspecified atom stereocenters. The van der Waals surface area contributed by atoms with Crippen molar-refractivity contribution in [3.8, 4) is 0 Å². The average Bonchev–Trinajstić information content (AvgIpc) is 2.33. The van der Waals surface area contributed by atoms with Gasteiger partial charge in [0.15, 0.2) is 0 Å². The topological polar surface area (TPSA) is 37.8 Å². The zero-order valence-corrected chi connectivity index (χ0v) is 9.60. The number of anilines is 1. The molecule has 1 atom stereocenters. The van der Waals surface area contributed by atoms with Gasteiger partial charge in [0.25, 0.3) is 0 Å². The maximum atomic E-state index is 13.4. The molecule has 0 amide bonds. The van der Waals surface area contributed by atoms with E-state index in [1.807, 2.05) is 13.0 Å². The first kappa shape index (κ1) is 11.5. The van der Waals surface area contributed by atoms with Crippen molar-refractivity contribution in [3.63, 3.8) is 0 Å². The first-order valence-corrected chi connectivity index (χ1v) is 5.50. The van der Waals surface area contributed by atoms with Crippen LogP contribution in [0, 0.1) is 5.82 Å². The molecule has 1 aromatic carbocycles. The second-order valence-corrected chi connectivity index (χ2v) is 3.97. The fourth-order valence-corrected chi connectivity index (χ4v) is 1.70. The number of rotatable bonds is 4. The van der Waals surface area contributed by atoms with Crippen LogP contribution in [0.25, 0.3) is 0 Å². The van der Waals surface area contributed by atoms with E-state index in [-0.39, 0.29) is 11.9 Å². The van der Waals surface area contributed by atoms with Crippen molar-refractivity contribution in [2.75, 3.05) is 5.32 Å². The summed E-state index contributed by atoms with van der Waals surface area (Å²) in [5.74, 6) is -0.162. The standard InChI is InChI=1S/C13H14FN3/c1-10(17-12-7-15-9-16-8-12)6-11-4-2-3-5-13(11)14/h2-5,7-10,17H,6H2,1H3. The minimum atomic E-state index is -0.162. The number of aromatic nitrogens is 2. The first-order chi connectivity index (χ1) is 8.25. The minimum Gasteiger partial charge on any atom is -0.380 e. The van der Waals surface area contributed by atoms with Gasteiger partial charge in [-0.3, -0.25) is 0 Å². The van der Waals surface area contributed by atoms with Crippen LogP contribution in [0.2, 0.25) is 0 Å². The summed E-state index contributed by atoms with van der Waals surface area (Å²) >= 11 is 0. The zero-order valence-electron chi connectivity index (χ0n) is 9.60. The highest BCUT2D eigenvalue weighted by Gasteiger charge is 2.07. The molecule has 0 saturated heterocycles. The van der Waals surface area contributed by atoms with E-state index in [1.54, 1.807) is 24.5 Å². The van der Waals surface area contributed by atoms with E-state index in [9.17, 15) is 4.39 Å². The van der Waals surface area contributed by atoms with Crippen LogP contribution in [0.1, 0.15) is 12.5 Å². The monoisotopic (exact) mass is 231 g/mol. The van der Waals surface area contributed by atoms with Gasteiger partial charge in [-0.1, -0.05) is 18.2 Å². The van der Waals surface area contributed by atoms with E-state index in [2.05, 4.69) is 15.3 Å². The molecule has 2 aromatic rings. The molecule has 2 rings (SSSR count). The van der Waals surface area contributed by atoms with Gasteiger partial charge in [-0.2, -0.15) is 0 Å². The van der Waals surface area contributed by atoms with E-state index in [4.69, 9.17) is 0 Å². The van der Waals surface area contributed by atoms with E-state index in [1.165, 1.54) is 12.4 Å². The Morgan fingerprint density at radius 1 is 1.24 bits per heavy atom. The van der Waals surface area contributed by atoms with Crippen molar-refractivity contribution >= 4 is 5.69 Å². The summed E-state index contributed by atoms with van der Waals surface area (Å²) in [4.78, 5) is 7.83. The molecule has 0 fully saturated rings. The third-order valence-electron chi connectivity index (χ3n) is 2.46. The van der Waals surface area contributed by atoms with Crippen molar-refractivity contribution in [3.05, 3.63) is 54.4 Å². The quantitative estimate of drug-likeness (QED) is 0.879. The maximum absolute atomic E-state index is 13.4. The van der Waals surface area contributed by atoms with Gasteiger partial charge >= 0.3 is 0 Å². The Morgan fingerprint density at radius 3 is 2.65 bits per heavy atom. The molecule has 0 aliphatic rings. The van der Waals surface area contributed by atoms with Crippen LogP contribution in [-0.4, -0.2) is 16.0 Å². The van der Waals surface area contributed by atoms with Crippen LogP contribution in [-0.2, 0) is 6.42 Å². The number of hydrogen-bond acceptors (Lipinski definition) is 3. The SMILES string of the molecule is CC(Cc1ccccc1F)Nc1cncnc1. The Morgan fingerprint density at radius 2 is 1.94 bits per heavy atom. The number of hydrogen-bond donors (Lipinski definition) is 1. The van der Waals surface area contributed by atoms with Crippen molar-refractivity contribution in [2.45, 2.75) is 19.4 Å². The van der Waals surface area contributed by atoms with Gasteiger partial charge < -0.3 is 5.32 Å². The molecule has 0 bridgehead atoms. The third kappa shape index (κ3) is 3.24. The predicted molar refractivity (Wildman–Crippen MR) is 65.2 cm³/mol. The lowest BCUT2D eigenvalue weighted by Crippen LogP contribution is -2.18. The van der Waals surface area contributed by atoms with E-state index >= 15 is 0 Å². The summed E-state index contributed by atoms with van der Waals surface area (Å²) in [6.45, 7) is 2.00. The molecule has 4 heteroatoms. The Kier molecular flexibility index (Phi) is 3.65. The molecule has 1 aromatic heterocycles. The average molecular weight is 231 g/mol. The van der Waals surface area contributed by atoms with E-state index in [0.29, 0.717) is 12.0 Å². The normalized spacial score (nSPS) is 12.1. The molecule has 0 spiro atoms. The summed E-state index contributed by atoms with van der Waals surface area (Å²) in [7, 11) is 0. The van der Waals surface area contributed by atoms with Crippen molar-refractivity contribution < 1.29 is 4.39 Å². The van der Waals surface area contributed by atoms with Gasteiger partial charge in [-0.05, 0) is 25.0 Å². The number of benzene rings is 1. The Hall–Kier alpha value is -1.97. The van der Waals surface area contributed by atoms with Gasteiger partial charge in [0, 0.05) is 6.04 Å². The molecule has 88 valence electrons. The highest BCUT2D eigenvalue weighted by atomic mass is 19.1. The van der Waals surface area contributed by atoms with Crippen LogP contribution < -0.4 is 5.32 Å². The smallest absolute Gasteiger partial charge is 0.126 e. The summed E-state index contributed by atoms with van der Waals surface area (Å²) in [5.41, 5.74) is 1.56. The van der Waals surface area contributed by atoms with Crippen LogP contribution >= 0.6 is 0 Å². The zero-order chi connectivity index (χ0) is 12.1. The van der Waals surface area contributed by atoms with Gasteiger partial charge in [0.1, 0.15) is 12.1 Å². The fraction of sp³-hybridized carbons (Fsp3) is 0.231. The summed E-state index contributed by atoms with van der Waals surface area (Å²) in [6.07, 6.45) is 5.50. The molecule has 1 N–H and O–H groups in total. The van der Waals surface area contributed by atoms with Gasteiger partial charge in [-0.15, -0.1) is 0 Å². The number of nitrogens with one attached hydrogen (secondary N) is 1. The molecule has 17 heavy (non-hydrogen) atoms. The second kappa shape index (κ2) is 5.39. The van der Waals surface area contributed by atoms with Crippen molar-refractivity contribution in [1.29, 1.82) is 0 Å². The highest BCUT2D eigenvalue weighted by molar-refractivity contribution is 5.38. The second-order valence-electron chi connectivity index (χ2n) is 3.97.